The van der Waals surface area contributed by atoms with Crippen LogP contribution in [0.5, 0.6) is 0 Å². The van der Waals surface area contributed by atoms with E-state index in [1.807, 2.05) is 17.0 Å². The van der Waals surface area contributed by atoms with Crippen molar-refractivity contribution in [3.63, 3.8) is 0 Å². The van der Waals surface area contributed by atoms with Gasteiger partial charge in [-0.25, -0.2) is 0 Å². The summed E-state index contributed by atoms with van der Waals surface area (Å²) in [4.78, 5) is 14.8. The minimum Gasteiger partial charge on any atom is -0.333 e. The first-order valence-electron chi connectivity index (χ1n) is 7.59. The smallest absolute Gasteiger partial charge is 0.254 e. The van der Waals surface area contributed by atoms with E-state index in [1.54, 1.807) is 12.1 Å². The normalized spacial score (nSPS) is 13.8. The van der Waals surface area contributed by atoms with Crippen molar-refractivity contribution < 1.29 is 4.79 Å². The van der Waals surface area contributed by atoms with E-state index < -0.39 is 0 Å². The Bertz CT molecular complexity index is 421. The first-order valence-corrected chi connectivity index (χ1v) is 7.97. The Morgan fingerprint density at radius 3 is 2.15 bits per heavy atom. The number of hydrogen-bond donors (Lipinski definition) is 0. The maximum Gasteiger partial charge on any atom is 0.254 e. The lowest BCUT2D eigenvalue weighted by atomic mass is 10.0. The fraction of sp³-hybridized carbons (Fsp3) is 0.588. The van der Waals surface area contributed by atoms with Crippen LogP contribution in [0.15, 0.2) is 24.3 Å². The van der Waals surface area contributed by atoms with Crippen molar-refractivity contribution in [1.82, 2.24) is 4.90 Å². The van der Waals surface area contributed by atoms with Gasteiger partial charge in [-0.3, -0.25) is 4.79 Å². The van der Waals surface area contributed by atoms with Gasteiger partial charge in [-0.15, -0.1) is 0 Å². The van der Waals surface area contributed by atoms with Crippen LogP contribution in [0.4, 0.5) is 0 Å². The number of rotatable bonds is 7. The zero-order valence-corrected chi connectivity index (χ0v) is 13.8. The molecule has 0 aliphatic carbocycles. The van der Waals surface area contributed by atoms with E-state index in [4.69, 9.17) is 11.6 Å². The van der Waals surface area contributed by atoms with Crippen molar-refractivity contribution in [2.24, 2.45) is 0 Å². The molecule has 1 amide bonds. The highest BCUT2D eigenvalue weighted by Gasteiger charge is 2.25. The SMILES string of the molecule is CCCC(C)N(C(=O)c1cccc(Cl)c1)C(C)CCC. The maximum absolute atomic E-state index is 12.8. The van der Waals surface area contributed by atoms with Gasteiger partial charge >= 0.3 is 0 Å². The van der Waals surface area contributed by atoms with E-state index >= 15 is 0 Å². The summed E-state index contributed by atoms with van der Waals surface area (Å²) in [6.07, 6.45) is 4.22. The monoisotopic (exact) mass is 295 g/mol. The molecule has 0 saturated heterocycles. The number of benzene rings is 1. The van der Waals surface area contributed by atoms with Crippen LogP contribution in [-0.2, 0) is 0 Å². The largest absolute Gasteiger partial charge is 0.333 e. The lowest BCUT2D eigenvalue weighted by molar-refractivity contribution is 0.0586. The molecule has 0 spiro atoms. The molecule has 20 heavy (non-hydrogen) atoms. The van der Waals surface area contributed by atoms with Gasteiger partial charge < -0.3 is 4.90 Å². The van der Waals surface area contributed by atoms with Crippen LogP contribution in [0, 0.1) is 0 Å². The number of nitrogens with zero attached hydrogens (tertiary/aromatic N) is 1. The van der Waals surface area contributed by atoms with Gasteiger partial charge in [0.05, 0.1) is 0 Å². The van der Waals surface area contributed by atoms with Crippen molar-refractivity contribution in [1.29, 1.82) is 0 Å². The molecule has 2 unspecified atom stereocenters. The van der Waals surface area contributed by atoms with Gasteiger partial charge in [-0.1, -0.05) is 44.4 Å². The topological polar surface area (TPSA) is 20.3 Å². The maximum atomic E-state index is 12.8. The number of halogens is 1. The molecule has 0 aliphatic rings. The standard InChI is InChI=1S/C17H26ClNO/c1-5-8-13(3)19(14(4)9-6-2)17(20)15-10-7-11-16(18)12-15/h7,10-14H,5-6,8-9H2,1-4H3. The molecule has 1 aromatic carbocycles. The molecule has 0 aromatic heterocycles. The highest BCUT2D eigenvalue weighted by molar-refractivity contribution is 6.30. The Morgan fingerprint density at radius 2 is 1.70 bits per heavy atom. The molecule has 2 atom stereocenters. The molecular formula is C17H26ClNO. The molecule has 0 N–H and O–H groups in total. The van der Waals surface area contributed by atoms with Crippen LogP contribution in [-0.4, -0.2) is 22.9 Å². The first kappa shape index (κ1) is 17.0. The minimum atomic E-state index is 0.0920. The van der Waals surface area contributed by atoms with E-state index in [0.717, 1.165) is 25.7 Å². The molecule has 1 aromatic rings. The molecule has 0 saturated carbocycles. The quantitative estimate of drug-likeness (QED) is 0.680. The van der Waals surface area contributed by atoms with Crippen LogP contribution in [0.1, 0.15) is 63.7 Å². The lowest BCUT2D eigenvalue weighted by Crippen LogP contribution is -2.44. The summed E-state index contributed by atoms with van der Waals surface area (Å²) in [7, 11) is 0. The van der Waals surface area contributed by atoms with E-state index in [1.165, 1.54) is 0 Å². The Hall–Kier alpha value is -1.02. The minimum absolute atomic E-state index is 0.0920. The fourth-order valence-electron chi connectivity index (χ4n) is 2.72. The predicted molar refractivity (Wildman–Crippen MR) is 86.4 cm³/mol. The molecule has 2 nitrogen and oxygen atoms in total. The Morgan fingerprint density at radius 1 is 1.15 bits per heavy atom. The number of carbonyl (C=O) groups excluding carboxylic acids is 1. The van der Waals surface area contributed by atoms with Gasteiger partial charge in [-0.2, -0.15) is 0 Å². The molecular weight excluding hydrogens is 270 g/mol. The summed E-state index contributed by atoms with van der Waals surface area (Å²) in [5.41, 5.74) is 0.684. The summed E-state index contributed by atoms with van der Waals surface area (Å²) in [6.45, 7) is 8.59. The summed E-state index contributed by atoms with van der Waals surface area (Å²) < 4.78 is 0. The third-order valence-corrected chi connectivity index (χ3v) is 3.90. The van der Waals surface area contributed by atoms with Crippen molar-refractivity contribution in [3.8, 4) is 0 Å². The Balaban J connectivity index is 2.99. The predicted octanol–water partition coefficient (Wildman–Crippen LogP) is 5.16. The van der Waals surface area contributed by atoms with Crippen molar-refractivity contribution >= 4 is 17.5 Å². The molecule has 0 aliphatic heterocycles. The Kier molecular flexibility index (Phi) is 7.08. The summed E-state index contributed by atoms with van der Waals surface area (Å²) >= 11 is 6.00. The zero-order valence-electron chi connectivity index (χ0n) is 13.0. The van der Waals surface area contributed by atoms with Gasteiger partial charge in [0.2, 0.25) is 0 Å². The van der Waals surface area contributed by atoms with Crippen molar-refractivity contribution in [3.05, 3.63) is 34.9 Å². The first-order chi connectivity index (χ1) is 9.51. The van der Waals surface area contributed by atoms with Crippen molar-refractivity contribution in [2.45, 2.75) is 65.5 Å². The van der Waals surface area contributed by atoms with E-state index in [0.29, 0.717) is 10.6 Å². The fourth-order valence-corrected chi connectivity index (χ4v) is 2.91. The average molecular weight is 296 g/mol. The Labute approximate surface area is 128 Å². The molecule has 1 rings (SSSR count). The van der Waals surface area contributed by atoms with Gasteiger partial charge in [0.15, 0.2) is 0 Å². The van der Waals surface area contributed by atoms with Gasteiger partial charge in [-0.05, 0) is 44.9 Å². The van der Waals surface area contributed by atoms with E-state index in [-0.39, 0.29) is 18.0 Å². The van der Waals surface area contributed by atoms with Crippen LogP contribution < -0.4 is 0 Å². The third kappa shape index (κ3) is 4.52. The van der Waals surface area contributed by atoms with Crippen LogP contribution in [0.2, 0.25) is 5.02 Å². The number of amides is 1. The summed E-state index contributed by atoms with van der Waals surface area (Å²) in [6, 6.07) is 7.75. The van der Waals surface area contributed by atoms with E-state index in [9.17, 15) is 4.79 Å². The molecule has 0 bridgehead atoms. The second kappa shape index (κ2) is 8.31. The van der Waals surface area contributed by atoms with Gasteiger partial charge in [0, 0.05) is 22.7 Å². The molecule has 3 heteroatoms. The average Bonchev–Trinajstić information content (AvgIpc) is 2.39. The second-order valence-electron chi connectivity index (χ2n) is 5.50. The zero-order chi connectivity index (χ0) is 15.1. The van der Waals surface area contributed by atoms with Gasteiger partial charge in [0.25, 0.3) is 5.91 Å². The summed E-state index contributed by atoms with van der Waals surface area (Å²) in [5, 5.41) is 0.613. The van der Waals surface area contributed by atoms with Gasteiger partial charge in [0.1, 0.15) is 0 Å². The molecule has 0 heterocycles. The molecule has 0 radical (unpaired) electrons. The second-order valence-corrected chi connectivity index (χ2v) is 5.93. The van der Waals surface area contributed by atoms with Crippen LogP contribution in [0.25, 0.3) is 0 Å². The number of hydrogen-bond acceptors (Lipinski definition) is 1. The van der Waals surface area contributed by atoms with E-state index in [2.05, 4.69) is 27.7 Å². The lowest BCUT2D eigenvalue weighted by Gasteiger charge is -2.35. The third-order valence-electron chi connectivity index (χ3n) is 3.67. The molecule has 112 valence electrons. The van der Waals surface area contributed by atoms with Crippen molar-refractivity contribution in [2.75, 3.05) is 0 Å². The van der Waals surface area contributed by atoms with Crippen LogP contribution in [0.3, 0.4) is 0 Å². The highest BCUT2D eigenvalue weighted by Crippen LogP contribution is 2.20. The highest BCUT2D eigenvalue weighted by atomic mass is 35.5. The number of carbonyl (C=O) groups is 1. The van der Waals surface area contributed by atoms with Crippen LogP contribution >= 0.6 is 11.6 Å². The molecule has 0 fully saturated rings. The summed E-state index contributed by atoms with van der Waals surface area (Å²) in [5.74, 6) is 0.0920.